The van der Waals surface area contributed by atoms with Crippen molar-refractivity contribution in [2.45, 2.75) is 0 Å². The Morgan fingerprint density at radius 3 is 2.56 bits per heavy atom. The van der Waals surface area contributed by atoms with Crippen molar-refractivity contribution in [3.63, 3.8) is 0 Å². The van der Waals surface area contributed by atoms with E-state index in [2.05, 4.69) is 26.2 Å². The quantitative estimate of drug-likeness (QED) is 0.742. The summed E-state index contributed by atoms with van der Waals surface area (Å²) in [6.07, 6.45) is 1.82. The number of benzene rings is 2. The van der Waals surface area contributed by atoms with Gasteiger partial charge in [-0.2, -0.15) is 0 Å². The van der Waals surface area contributed by atoms with Crippen LogP contribution in [0.15, 0.2) is 56.8 Å². The third-order valence-electron chi connectivity index (χ3n) is 3.46. The summed E-state index contributed by atoms with van der Waals surface area (Å²) in [7, 11) is 3.94. The first-order chi connectivity index (χ1) is 11.9. The van der Waals surface area contributed by atoms with Gasteiger partial charge in [-0.25, -0.2) is 9.38 Å². The second-order valence-corrected chi connectivity index (χ2v) is 7.45. The molecule has 1 saturated heterocycles. The number of hydrogen-bond donors (Lipinski definition) is 1. The van der Waals surface area contributed by atoms with E-state index in [1.54, 1.807) is 12.1 Å². The normalized spacial score (nSPS) is 17.2. The van der Waals surface area contributed by atoms with E-state index in [0.29, 0.717) is 15.8 Å². The largest absolute Gasteiger partial charge is 0.377 e. The highest BCUT2D eigenvalue weighted by Gasteiger charge is 2.23. The minimum atomic E-state index is -0.320. The number of carbonyl (C=O) groups excluding carboxylic acids is 1. The maximum absolute atomic E-state index is 12.9. The Labute approximate surface area is 158 Å². The molecule has 7 heteroatoms. The van der Waals surface area contributed by atoms with E-state index in [1.807, 2.05) is 43.3 Å². The van der Waals surface area contributed by atoms with Gasteiger partial charge in [-0.05, 0) is 75.7 Å². The standard InChI is InChI=1S/C18H15BrFN3OS/c1-23(2)15-8-3-11(9-14(15)19)10-16-17(24)22-18(25-16)21-13-6-4-12(20)5-7-13/h3-10H,1-2H3,(H,21,22,24). The molecule has 0 radical (unpaired) electrons. The summed E-state index contributed by atoms with van der Waals surface area (Å²) >= 11 is 4.80. The predicted molar refractivity (Wildman–Crippen MR) is 106 cm³/mol. The van der Waals surface area contributed by atoms with Gasteiger partial charge in [0.15, 0.2) is 5.17 Å². The Morgan fingerprint density at radius 1 is 1.20 bits per heavy atom. The van der Waals surface area contributed by atoms with Crippen LogP contribution in [-0.2, 0) is 4.79 Å². The number of hydrogen-bond acceptors (Lipinski definition) is 4. The fourth-order valence-electron chi connectivity index (χ4n) is 2.24. The van der Waals surface area contributed by atoms with Crippen LogP contribution in [0, 0.1) is 5.82 Å². The smallest absolute Gasteiger partial charge is 0.264 e. The van der Waals surface area contributed by atoms with Crippen LogP contribution in [0.25, 0.3) is 6.08 Å². The van der Waals surface area contributed by atoms with Gasteiger partial charge in [0.2, 0.25) is 0 Å². The van der Waals surface area contributed by atoms with E-state index in [9.17, 15) is 9.18 Å². The SMILES string of the molecule is CN(C)c1ccc(C=C2SC(=Nc3ccc(F)cc3)NC2=O)cc1Br. The molecular formula is C18H15BrFN3OS. The van der Waals surface area contributed by atoms with Gasteiger partial charge in [-0.1, -0.05) is 6.07 Å². The molecule has 1 heterocycles. The topological polar surface area (TPSA) is 44.7 Å². The van der Waals surface area contributed by atoms with Crippen LogP contribution in [0.1, 0.15) is 5.56 Å². The number of nitrogens with one attached hydrogen (secondary N) is 1. The molecule has 0 spiro atoms. The van der Waals surface area contributed by atoms with Crippen molar-refractivity contribution in [2.24, 2.45) is 4.99 Å². The van der Waals surface area contributed by atoms with Crippen molar-refractivity contribution in [2.75, 3.05) is 19.0 Å². The lowest BCUT2D eigenvalue weighted by Crippen LogP contribution is -2.19. The van der Waals surface area contributed by atoms with E-state index in [1.165, 1.54) is 23.9 Å². The molecule has 1 amide bonds. The Morgan fingerprint density at radius 2 is 1.92 bits per heavy atom. The lowest BCUT2D eigenvalue weighted by Gasteiger charge is -2.14. The second kappa shape index (κ2) is 7.41. The Balaban J connectivity index is 1.81. The Kier molecular flexibility index (Phi) is 5.24. The number of amides is 1. The predicted octanol–water partition coefficient (Wildman–Crippen LogP) is 4.55. The van der Waals surface area contributed by atoms with Gasteiger partial charge in [0.05, 0.1) is 16.3 Å². The highest BCUT2D eigenvalue weighted by Crippen LogP contribution is 2.31. The van der Waals surface area contributed by atoms with Crippen molar-refractivity contribution in [3.8, 4) is 0 Å². The summed E-state index contributed by atoms with van der Waals surface area (Å²) in [6.45, 7) is 0. The van der Waals surface area contributed by atoms with Crippen molar-refractivity contribution in [1.82, 2.24) is 5.32 Å². The molecule has 2 aromatic rings. The monoisotopic (exact) mass is 419 g/mol. The molecule has 0 saturated carbocycles. The third kappa shape index (κ3) is 4.29. The highest BCUT2D eigenvalue weighted by molar-refractivity contribution is 9.10. The molecule has 25 heavy (non-hydrogen) atoms. The number of aliphatic imine (C=N–C) groups is 1. The van der Waals surface area contributed by atoms with Crippen LogP contribution in [-0.4, -0.2) is 25.2 Å². The molecule has 128 valence electrons. The van der Waals surface area contributed by atoms with Crippen LogP contribution >= 0.6 is 27.7 Å². The summed E-state index contributed by atoms with van der Waals surface area (Å²) in [5.41, 5.74) is 2.56. The maximum atomic E-state index is 12.9. The molecule has 4 nitrogen and oxygen atoms in total. The first-order valence-corrected chi connectivity index (χ1v) is 9.05. The van der Waals surface area contributed by atoms with Crippen molar-refractivity contribution in [1.29, 1.82) is 0 Å². The molecule has 0 atom stereocenters. The number of thioether (sulfide) groups is 1. The number of amidine groups is 1. The molecule has 1 N–H and O–H groups in total. The average molecular weight is 420 g/mol. The van der Waals surface area contributed by atoms with E-state index >= 15 is 0 Å². The number of rotatable bonds is 3. The molecule has 3 rings (SSSR count). The van der Waals surface area contributed by atoms with Crippen molar-refractivity contribution in [3.05, 3.63) is 63.2 Å². The van der Waals surface area contributed by atoms with E-state index < -0.39 is 0 Å². The lowest BCUT2D eigenvalue weighted by molar-refractivity contribution is -0.115. The Hall–Kier alpha value is -2.12. The molecule has 1 fully saturated rings. The van der Waals surface area contributed by atoms with Crippen molar-refractivity contribution < 1.29 is 9.18 Å². The van der Waals surface area contributed by atoms with E-state index in [0.717, 1.165) is 15.7 Å². The summed E-state index contributed by atoms with van der Waals surface area (Å²) in [4.78, 5) is 19.0. The van der Waals surface area contributed by atoms with Gasteiger partial charge >= 0.3 is 0 Å². The minimum absolute atomic E-state index is 0.196. The Bertz CT molecular complexity index is 878. The van der Waals surface area contributed by atoms with Gasteiger partial charge in [0.1, 0.15) is 5.82 Å². The molecule has 2 aromatic carbocycles. The molecule has 0 bridgehead atoms. The zero-order valence-electron chi connectivity index (χ0n) is 13.6. The molecule has 1 aliphatic rings. The van der Waals surface area contributed by atoms with Gasteiger partial charge in [0.25, 0.3) is 5.91 Å². The summed E-state index contributed by atoms with van der Waals surface area (Å²) < 4.78 is 13.9. The maximum Gasteiger partial charge on any atom is 0.264 e. The minimum Gasteiger partial charge on any atom is -0.377 e. The fourth-order valence-corrected chi connectivity index (χ4v) is 3.83. The number of carbonyl (C=O) groups is 1. The van der Waals surface area contributed by atoms with Crippen LogP contribution in [0.4, 0.5) is 15.8 Å². The van der Waals surface area contributed by atoms with Crippen molar-refractivity contribution >= 4 is 56.2 Å². The van der Waals surface area contributed by atoms with Crippen LogP contribution in [0.2, 0.25) is 0 Å². The lowest BCUT2D eigenvalue weighted by atomic mass is 10.2. The highest BCUT2D eigenvalue weighted by atomic mass is 79.9. The zero-order chi connectivity index (χ0) is 18.0. The summed E-state index contributed by atoms with van der Waals surface area (Å²) in [5, 5.41) is 3.20. The van der Waals surface area contributed by atoms with Crippen LogP contribution in [0.5, 0.6) is 0 Å². The summed E-state index contributed by atoms with van der Waals surface area (Å²) in [6, 6.07) is 11.7. The number of nitrogens with zero attached hydrogens (tertiary/aromatic N) is 2. The molecule has 0 unspecified atom stereocenters. The second-order valence-electron chi connectivity index (χ2n) is 5.56. The van der Waals surface area contributed by atoms with Crippen LogP contribution < -0.4 is 10.2 Å². The van der Waals surface area contributed by atoms with E-state index in [-0.39, 0.29) is 11.7 Å². The fraction of sp³-hybridized carbons (Fsp3) is 0.111. The third-order valence-corrected chi connectivity index (χ3v) is 5.00. The first-order valence-electron chi connectivity index (χ1n) is 7.44. The van der Waals surface area contributed by atoms with Gasteiger partial charge in [-0.3, -0.25) is 4.79 Å². The number of anilines is 1. The average Bonchev–Trinajstić information content (AvgIpc) is 2.89. The van der Waals surface area contributed by atoms with Gasteiger partial charge in [-0.15, -0.1) is 0 Å². The first kappa shape index (κ1) is 17.7. The van der Waals surface area contributed by atoms with Crippen LogP contribution in [0.3, 0.4) is 0 Å². The summed E-state index contributed by atoms with van der Waals surface area (Å²) in [5.74, 6) is -0.516. The van der Waals surface area contributed by atoms with E-state index in [4.69, 9.17) is 0 Å². The van der Waals surface area contributed by atoms with Gasteiger partial charge < -0.3 is 10.2 Å². The molecular weight excluding hydrogens is 405 g/mol. The molecule has 0 aromatic heterocycles. The molecule has 0 aliphatic carbocycles. The zero-order valence-corrected chi connectivity index (χ0v) is 16.0. The van der Waals surface area contributed by atoms with Gasteiger partial charge in [0, 0.05) is 18.6 Å². The molecule has 1 aliphatic heterocycles. The number of halogens is 2.